The van der Waals surface area contributed by atoms with E-state index in [0.29, 0.717) is 53.0 Å². The summed E-state index contributed by atoms with van der Waals surface area (Å²) in [5, 5.41) is 6.80. The minimum absolute atomic E-state index is 0.0789. The van der Waals surface area contributed by atoms with Gasteiger partial charge in [-0.05, 0) is 30.3 Å². The van der Waals surface area contributed by atoms with Crippen LogP contribution in [-0.2, 0) is 6.42 Å². The molecule has 4 heterocycles. The number of methoxy groups -OCH3 is 1. The second kappa shape index (κ2) is 10.3. The molecular formula is C27H26ClN5O3. The Labute approximate surface area is 214 Å². The first-order valence-corrected chi connectivity index (χ1v) is 12.0. The zero-order valence-electron chi connectivity index (χ0n) is 20.0. The van der Waals surface area contributed by atoms with Crippen molar-refractivity contribution in [2.75, 3.05) is 25.6 Å². The zero-order valence-corrected chi connectivity index (χ0v) is 20.7. The van der Waals surface area contributed by atoms with Gasteiger partial charge in [-0.2, -0.15) is 0 Å². The first kappa shape index (κ1) is 23.7. The van der Waals surface area contributed by atoms with Crippen LogP contribution in [0.5, 0.6) is 11.5 Å². The molecule has 0 spiro atoms. The summed E-state index contributed by atoms with van der Waals surface area (Å²) in [5.74, 6) is 1.02. The molecule has 8 nitrogen and oxygen atoms in total. The van der Waals surface area contributed by atoms with E-state index in [2.05, 4.69) is 32.5 Å². The van der Waals surface area contributed by atoms with Gasteiger partial charge in [-0.3, -0.25) is 14.8 Å². The molecule has 0 fully saturated rings. The number of pyridine rings is 2. The number of para-hydroxylation sites is 1. The largest absolute Gasteiger partial charge is 0.493 e. The van der Waals surface area contributed by atoms with E-state index in [4.69, 9.17) is 21.1 Å². The van der Waals surface area contributed by atoms with Gasteiger partial charge in [0.1, 0.15) is 5.75 Å². The molecule has 184 valence electrons. The van der Waals surface area contributed by atoms with Crippen LogP contribution in [0.2, 0.25) is 5.02 Å². The highest BCUT2D eigenvalue weighted by molar-refractivity contribution is 6.32. The van der Waals surface area contributed by atoms with E-state index in [1.165, 1.54) is 0 Å². The SMILES string of the molecule is COc1c(Cl)cccc1Nc1c(-c2ccncc2OC[C@H](C)c2ccccn2)[nH]c2c1C(=O)NCC2. The smallest absolute Gasteiger partial charge is 0.255 e. The lowest BCUT2D eigenvalue weighted by Crippen LogP contribution is -2.31. The Morgan fingerprint density at radius 1 is 1.17 bits per heavy atom. The van der Waals surface area contributed by atoms with Crippen LogP contribution >= 0.6 is 11.6 Å². The van der Waals surface area contributed by atoms with E-state index in [0.717, 1.165) is 22.6 Å². The number of benzene rings is 1. The van der Waals surface area contributed by atoms with Gasteiger partial charge in [0.05, 0.1) is 47.6 Å². The number of rotatable bonds is 8. The number of carbonyl (C=O) groups excluding carboxylic acids is 1. The molecule has 1 aromatic carbocycles. The number of carbonyl (C=O) groups is 1. The summed E-state index contributed by atoms with van der Waals surface area (Å²) in [6.07, 6.45) is 5.84. The number of aromatic nitrogens is 3. The lowest BCUT2D eigenvalue weighted by Gasteiger charge is -2.18. The van der Waals surface area contributed by atoms with Gasteiger partial charge < -0.3 is 25.1 Å². The lowest BCUT2D eigenvalue weighted by molar-refractivity contribution is 0.0947. The number of nitrogens with zero attached hydrogens (tertiary/aromatic N) is 2. The summed E-state index contributed by atoms with van der Waals surface area (Å²) in [5.41, 5.74) is 5.13. The lowest BCUT2D eigenvalue weighted by atomic mass is 10.0. The molecular weight excluding hydrogens is 478 g/mol. The van der Waals surface area contributed by atoms with Crippen molar-refractivity contribution in [3.63, 3.8) is 0 Å². The average molecular weight is 504 g/mol. The van der Waals surface area contributed by atoms with Crippen molar-refractivity contribution in [1.82, 2.24) is 20.3 Å². The Kier molecular flexibility index (Phi) is 6.77. The van der Waals surface area contributed by atoms with Gasteiger partial charge in [-0.1, -0.05) is 30.7 Å². The maximum atomic E-state index is 12.9. The molecule has 1 aliphatic rings. The Morgan fingerprint density at radius 3 is 2.86 bits per heavy atom. The van der Waals surface area contributed by atoms with E-state index in [1.54, 1.807) is 31.8 Å². The molecule has 0 aliphatic carbocycles. The molecule has 0 unspecified atom stereocenters. The average Bonchev–Trinajstić information content (AvgIpc) is 3.27. The molecule has 36 heavy (non-hydrogen) atoms. The molecule has 3 N–H and O–H groups in total. The number of halogens is 1. The number of fused-ring (bicyclic) bond motifs is 1. The molecule has 0 radical (unpaired) electrons. The van der Waals surface area contributed by atoms with E-state index in [-0.39, 0.29) is 11.8 Å². The number of hydrogen-bond acceptors (Lipinski definition) is 6. The van der Waals surface area contributed by atoms with E-state index < -0.39 is 0 Å². The molecule has 0 bridgehead atoms. The van der Waals surface area contributed by atoms with Crippen LogP contribution in [0.4, 0.5) is 11.4 Å². The Hall–Kier alpha value is -4.04. The number of aromatic amines is 1. The molecule has 9 heteroatoms. The third kappa shape index (κ3) is 4.59. The molecule has 4 aromatic rings. The van der Waals surface area contributed by atoms with Crippen molar-refractivity contribution in [3.8, 4) is 22.8 Å². The van der Waals surface area contributed by atoms with Crippen molar-refractivity contribution < 1.29 is 14.3 Å². The highest BCUT2D eigenvalue weighted by atomic mass is 35.5. The third-order valence-electron chi connectivity index (χ3n) is 6.13. The second-order valence-electron chi connectivity index (χ2n) is 8.52. The third-order valence-corrected chi connectivity index (χ3v) is 6.43. The fourth-order valence-corrected chi connectivity index (χ4v) is 4.58. The first-order chi connectivity index (χ1) is 17.6. The molecule has 5 rings (SSSR count). The van der Waals surface area contributed by atoms with Crippen molar-refractivity contribution in [1.29, 1.82) is 0 Å². The molecule has 1 aliphatic heterocycles. The van der Waals surface area contributed by atoms with E-state index in [9.17, 15) is 4.79 Å². The van der Waals surface area contributed by atoms with Crippen LogP contribution in [0, 0.1) is 0 Å². The second-order valence-corrected chi connectivity index (χ2v) is 8.93. The molecule has 0 saturated heterocycles. The number of ether oxygens (including phenoxy) is 2. The summed E-state index contributed by atoms with van der Waals surface area (Å²) in [7, 11) is 1.56. The fourth-order valence-electron chi connectivity index (χ4n) is 4.32. The van der Waals surface area contributed by atoms with Gasteiger partial charge in [0.15, 0.2) is 5.75 Å². The Balaban J connectivity index is 1.55. The minimum atomic E-state index is -0.150. The summed E-state index contributed by atoms with van der Waals surface area (Å²) in [6, 6.07) is 13.1. The van der Waals surface area contributed by atoms with Gasteiger partial charge in [-0.15, -0.1) is 0 Å². The summed E-state index contributed by atoms with van der Waals surface area (Å²) >= 11 is 6.36. The number of H-pyrrole nitrogens is 1. The van der Waals surface area contributed by atoms with E-state index >= 15 is 0 Å². The quantitative estimate of drug-likeness (QED) is 0.300. The predicted molar refractivity (Wildman–Crippen MR) is 139 cm³/mol. The summed E-state index contributed by atoms with van der Waals surface area (Å²) < 4.78 is 11.8. The van der Waals surface area contributed by atoms with Gasteiger partial charge in [0, 0.05) is 48.2 Å². The zero-order chi connectivity index (χ0) is 25.1. The van der Waals surface area contributed by atoms with Gasteiger partial charge in [0.25, 0.3) is 5.91 Å². The first-order valence-electron chi connectivity index (χ1n) is 11.7. The highest BCUT2D eigenvalue weighted by Crippen LogP contribution is 2.43. The summed E-state index contributed by atoms with van der Waals surface area (Å²) in [4.78, 5) is 25.1. The van der Waals surface area contributed by atoms with Crippen LogP contribution in [0.1, 0.15) is 34.6 Å². The van der Waals surface area contributed by atoms with Crippen LogP contribution in [0.25, 0.3) is 11.3 Å². The van der Waals surface area contributed by atoms with Crippen LogP contribution in [-0.4, -0.2) is 41.1 Å². The molecule has 1 atom stereocenters. The Morgan fingerprint density at radius 2 is 2.06 bits per heavy atom. The van der Waals surface area contributed by atoms with Crippen molar-refractivity contribution >= 4 is 28.9 Å². The summed E-state index contributed by atoms with van der Waals surface area (Å²) in [6.45, 7) is 3.04. The molecule has 0 saturated carbocycles. The van der Waals surface area contributed by atoms with Crippen molar-refractivity contribution in [3.05, 3.63) is 83.0 Å². The standard InChI is InChI=1S/C27H26ClN5O3/c1-16(19-7-3-4-11-30-19)15-36-22-14-29-12-9-17(22)24-25(23-20(32-24)10-13-31-27(23)34)33-21-8-5-6-18(28)26(21)35-2/h3-9,11-12,14,16,32-33H,10,13,15H2,1-2H3,(H,31,34)/t16-/m0/s1. The normalized spacial score (nSPS) is 13.5. The van der Waals surface area contributed by atoms with Gasteiger partial charge >= 0.3 is 0 Å². The number of nitrogens with one attached hydrogen (secondary N) is 3. The topological polar surface area (TPSA) is 101 Å². The minimum Gasteiger partial charge on any atom is -0.493 e. The van der Waals surface area contributed by atoms with Crippen molar-refractivity contribution in [2.45, 2.75) is 19.3 Å². The number of anilines is 2. The van der Waals surface area contributed by atoms with Crippen LogP contribution < -0.4 is 20.1 Å². The highest BCUT2D eigenvalue weighted by Gasteiger charge is 2.29. The van der Waals surface area contributed by atoms with Crippen LogP contribution in [0.15, 0.2) is 61.1 Å². The molecule has 1 amide bonds. The van der Waals surface area contributed by atoms with E-state index in [1.807, 2.05) is 36.4 Å². The van der Waals surface area contributed by atoms with Crippen molar-refractivity contribution in [2.24, 2.45) is 0 Å². The number of amides is 1. The predicted octanol–water partition coefficient (Wildman–Crippen LogP) is 5.35. The monoisotopic (exact) mass is 503 g/mol. The number of hydrogen-bond donors (Lipinski definition) is 3. The van der Waals surface area contributed by atoms with Crippen LogP contribution in [0.3, 0.4) is 0 Å². The van der Waals surface area contributed by atoms with Gasteiger partial charge in [0.2, 0.25) is 0 Å². The maximum Gasteiger partial charge on any atom is 0.255 e. The molecule has 3 aromatic heterocycles. The fraction of sp³-hybridized carbons (Fsp3) is 0.222. The Bertz CT molecular complexity index is 1390. The van der Waals surface area contributed by atoms with Gasteiger partial charge in [-0.25, -0.2) is 0 Å². The maximum absolute atomic E-state index is 12.9.